The fourth-order valence-corrected chi connectivity index (χ4v) is 14.8. The Morgan fingerprint density at radius 1 is 0.293 bits per heavy atom. The molecule has 0 atom stereocenters. The van der Waals surface area contributed by atoms with Gasteiger partial charge in [-0.1, -0.05) is 224 Å². The Hall–Kier alpha value is -9.15. The number of nitrogens with zero attached hydrogens (tertiary/aromatic N) is 1. The summed E-state index contributed by atoms with van der Waals surface area (Å²) in [5.74, 6) is 1.77. The molecule has 4 aliphatic rings. The molecule has 0 unspecified atom stereocenters. The van der Waals surface area contributed by atoms with E-state index in [0.717, 1.165) is 50.8 Å². The zero-order valence-electron chi connectivity index (χ0n) is 40.7. The van der Waals surface area contributed by atoms with Gasteiger partial charge in [0.05, 0.1) is 22.2 Å². The molecule has 12 aromatic carbocycles. The lowest BCUT2D eigenvalue weighted by Gasteiger charge is -2.40. The van der Waals surface area contributed by atoms with Gasteiger partial charge in [-0.25, -0.2) is 0 Å². The molecule has 3 heteroatoms. The van der Waals surface area contributed by atoms with Crippen LogP contribution < -0.4 is 9.64 Å². The molecule has 2 nitrogen and oxygen atoms in total. The lowest BCUT2D eigenvalue weighted by molar-refractivity contribution is 0.436. The maximum Gasteiger partial charge on any atom is 0.132 e. The number of hydrogen-bond acceptors (Lipinski definition) is 3. The smallest absolute Gasteiger partial charge is 0.132 e. The molecular weight excluding hydrogens is 927 g/mol. The summed E-state index contributed by atoms with van der Waals surface area (Å²) in [7, 11) is 0. The summed E-state index contributed by atoms with van der Waals surface area (Å²) >= 11 is 1.89. The second-order valence-electron chi connectivity index (χ2n) is 20.2. The van der Waals surface area contributed by atoms with E-state index in [9.17, 15) is 0 Å². The summed E-state index contributed by atoms with van der Waals surface area (Å²) in [6.45, 7) is 0. The molecule has 0 saturated carbocycles. The van der Waals surface area contributed by atoms with Crippen LogP contribution in [0, 0.1) is 0 Å². The number of ether oxygens (including phenoxy) is 1. The number of anilines is 3. The lowest BCUT2D eigenvalue weighted by Crippen LogP contribution is -2.32. The Kier molecular flexibility index (Phi) is 9.14. The molecule has 0 fully saturated rings. The van der Waals surface area contributed by atoms with Crippen LogP contribution in [0.5, 0.6) is 11.5 Å². The summed E-state index contributed by atoms with van der Waals surface area (Å²) in [6.07, 6.45) is 0. The van der Waals surface area contributed by atoms with Gasteiger partial charge in [0.15, 0.2) is 0 Å². The SMILES string of the molecule is c1ccc(-c2ccc(-c3ccccc3N(c3ccc4c(c3)-c3cc5ccccc5cc3C43c4ccccc4Sc4ccccc43)c3cccc4c3-c3ccccc3C43c4ccccc4Oc4ccccc43)cc2)cc1. The van der Waals surface area contributed by atoms with Gasteiger partial charge in [0.1, 0.15) is 11.5 Å². The van der Waals surface area contributed by atoms with Crippen LogP contribution in [0.1, 0.15) is 44.5 Å². The van der Waals surface area contributed by atoms with Crippen LogP contribution in [0.3, 0.4) is 0 Å². The number of rotatable bonds is 5. The molecular formula is C72H45NOS. The molecule has 2 aliphatic heterocycles. The van der Waals surface area contributed by atoms with E-state index in [0.29, 0.717) is 0 Å². The van der Waals surface area contributed by atoms with E-state index in [2.05, 4.69) is 278 Å². The molecule has 2 spiro atoms. The molecule has 0 N–H and O–H groups in total. The van der Waals surface area contributed by atoms with Crippen molar-refractivity contribution in [1.82, 2.24) is 0 Å². The predicted octanol–water partition coefficient (Wildman–Crippen LogP) is 18.9. The van der Waals surface area contributed by atoms with Crippen LogP contribution in [0.4, 0.5) is 17.1 Å². The van der Waals surface area contributed by atoms with E-state index in [4.69, 9.17) is 4.74 Å². The molecule has 0 bridgehead atoms. The van der Waals surface area contributed by atoms with Crippen LogP contribution in [0.25, 0.3) is 55.3 Å². The highest BCUT2D eigenvalue weighted by molar-refractivity contribution is 7.99. The highest BCUT2D eigenvalue weighted by atomic mass is 32.2. The van der Waals surface area contributed by atoms with Gasteiger partial charge in [0.25, 0.3) is 0 Å². The van der Waals surface area contributed by atoms with E-state index in [1.165, 1.54) is 87.3 Å². The molecule has 350 valence electrons. The maximum absolute atomic E-state index is 6.79. The van der Waals surface area contributed by atoms with E-state index in [1.807, 2.05) is 11.8 Å². The molecule has 16 rings (SSSR count). The Morgan fingerprint density at radius 3 is 1.51 bits per heavy atom. The van der Waals surface area contributed by atoms with Crippen molar-refractivity contribution < 1.29 is 4.74 Å². The third-order valence-electron chi connectivity index (χ3n) is 16.6. The summed E-state index contributed by atoms with van der Waals surface area (Å²) in [5.41, 5.74) is 21.9. The van der Waals surface area contributed by atoms with Crippen molar-refractivity contribution in [2.75, 3.05) is 4.90 Å². The number of fused-ring (bicyclic) bond motifs is 19. The van der Waals surface area contributed by atoms with Crippen LogP contribution in [0.15, 0.2) is 283 Å². The van der Waals surface area contributed by atoms with E-state index in [1.54, 1.807) is 0 Å². The third kappa shape index (κ3) is 5.87. The van der Waals surface area contributed by atoms with Crippen molar-refractivity contribution in [2.45, 2.75) is 20.6 Å². The third-order valence-corrected chi connectivity index (χ3v) is 17.7. The van der Waals surface area contributed by atoms with Gasteiger partial charge in [-0.05, 0) is 138 Å². The first kappa shape index (κ1) is 42.4. The largest absolute Gasteiger partial charge is 0.457 e. The van der Waals surface area contributed by atoms with Gasteiger partial charge in [-0.2, -0.15) is 0 Å². The minimum atomic E-state index is -0.629. The van der Waals surface area contributed by atoms with Gasteiger partial charge in [-0.15, -0.1) is 0 Å². The highest BCUT2D eigenvalue weighted by Crippen LogP contribution is 2.66. The minimum absolute atomic E-state index is 0.530. The van der Waals surface area contributed by atoms with Crippen molar-refractivity contribution in [3.8, 4) is 56.0 Å². The topological polar surface area (TPSA) is 12.5 Å². The Bertz CT molecular complexity index is 4230. The molecule has 0 saturated heterocycles. The van der Waals surface area contributed by atoms with Gasteiger partial charge in [0, 0.05) is 37.7 Å². The van der Waals surface area contributed by atoms with Crippen molar-refractivity contribution in [3.63, 3.8) is 0 Å². The average Bonchev–Trinajstić information content (AvgIpc) is 4.15. The highest BCUT2D eigenvalue weighted by Gasteiger charge is 2.53. The fraction of sp³-hybridized carbons (Fsp3) is 0.0278. The first-order chi connectivity index (χ1) is 37.2. The Labute approximate surface area is 440 Å². The summed E-state index contributed by atoms with van der Waals surface area (Å²) in [6, 6.07) is 102. The van der Waals surface area contributed by atoms with Gasteiger partial charge in [0.2, 0.25) is 0 Å². The molecule has 0 aromatic heterocycles. The molecule has 0 amide bonds. The van der Waals surface area contributed by atoms with Crippen molar-refractivity contribution in [2.24, 2.45) is 0 Å². The molecule has 2 aliphatic carbocycles. The van der Waals surface area contributed by atoms with E-state index < -0.39 is 10.8 Å². The summed E-state index contributed by atoms with van der Waals surface area (Å²) in [4.78, 5) is 5.16. The maximum atomic E-state index is 6.79. The Balaban J connectivity index is 0.995. The zero-order chi connectivity index (χ0) is 49.2. The van der Waals surface area contributed by atoms with E-state index in [-0.39, 0.29) is 0 Å². The van der Waals surface area contributed by atoms with Gasteiger partial charge in [-0.3, -0.25) is 0 Å². The van der Waals surface area contributed by atoms with Crippen LogP contribution in [0.2, 0.25) is 0 Å². The minimum Gasteiger partial charge on any atom is -0.457 e. The van der Waals surface area contributed by atoms with Crippen molar-refractivity contribution >= 4 is 39.6 Å². The van der Waals surface area contributed by atoms with Crippen LogP contribution >= 0.6 is 11.8 Å². The number of benzene rings is 12. The average molecular weight is 972 g/mol. The van der Waals surface area contributed by atoms with Gasteiger partial charge < -0.3 is 9.64 Å². The first-order valence-corrected chi connectivity index (χ1v) is 26.7. The normalized spacial score (nSPS) is 14.1. The van der Waals surface area contributed by atoms with Crippen LogP contribution in [-0.4, -0.2) is 0 Å². The zero-order valence-corrected chi connectivity index (χ0v) is 41.6. The Morgan fingerprint density at radius 2 is 0.787 bits per heavy atom. The van der Waals surface area contributed by atoms with Gasteiger partial charge >= 0.3 is 0 Å². The van der Waals surface area contributed by atoms with Crippen molar-refractivity contribution in [1.29, 1.82) is 0 Å². The number of hydrogen-bond donors (Lipinski definition) is 0. The first-order valence-electron chi connectivity index (χ1n) is 25.9. The monoisotopic (exact) mass is 971 g/mol. The number of para-hydroxylation sites is 3. The summed E-state index contributed by atoms with van der Waals surface area (Å²) in [5, 5.41) is 2.48. The fourth-order valence-electron chi connectivity index (χ4n) is 13.6. The second-order valence-corrected chi connectivity index (χ2v) is 21.3. The molecule has 2 heterocycles. The predicted molar refractivity (Wildman–Crippen MR) is 308 cm³/mol. The summed E-state index contributed by atoms with van der Waals surface area (Å²) < 4.78 is 6.79. The standard InChI is InChI=1S/C72H45NOS/c1-2-19-46(20-3-1)47-37-39-48(40-38-47)52-23-7-13-31-64(52)73(65-32-18-30-62-70(65)53-24-6-8-25-56(53)71(62)58-26-9-14-33-66(58)74-67-34-15-10-27-59(67)71)51-41-42-57-55(45-51)54-43-49-21-4-5-22-50(49)44-63(54)72(57)60-28-11-16-35-68(60)75-69-36-17-12-29-61(69)72/h1-45H. The van der Waals surface area contributed by atoms with E-state index >= 15 is 0 Å². The quantitative estimate of drug-likeness (QED) is 0.171. The lowest BCUT2D eigenvalue weighted by atomic mass is 9.66. The molecule has 0 radical (unpaired) electrons. The molecule has 75 heavy (non-hydrogen) atoms. The molecule has 12 aromatic rings. The second kappa shape index (κ2) is 16.2. The van der Waals surface area contributed by atoms with Crippen LogP contribution in [-0.2, 0) is 10.8 Å². The van der Waals surface area contributed by atoms with Crippen molar-refractivity contribution in [3.05, 3.63) is 317 Å².